The molecule has 29 heavy (non-hydrogen) atoms. The highest BCUT2D eigenvalue weighted by Gasteiger charge is 2.37. The Labute approximate surface area is 179 Å². The molecule has 0 atom stereocenters. The Hall–Kier alpha value is -2.76. The highest BCUT2D eigenvalue weighted by atomic mass is 35.5. The lowest BCUT2D eigenvalue weighted by atomic mass is 10.0. The van der Waals surface area contributed by atoms with Gasteiger partial charge in [0.15, 0.2) is 0 Å². The number of ether oxygens (including phenoxy) is 2. The van der Waals surface area contributed by atoms with Crippen molar-refractivity contribution in [1.29, 1.82) is 0 Å². The molecule has 1 aliphatic rings. The zero-order valence-corrected chi connectivity index (χ0v) is 17.7. The molecule has 0 bridgehead atoms. The van der Waals surface area contributed by atoms with Gasteiger partial charge in [-0.25, -0.2) is 4.79 Å². The average Bonchev–Trinajstić information content (AvgIpc) is 2.95. The molecule has 1 amide bonds. The van der Waals surface area contributed by atoms with Crippen molar-refractivity contribution in [2.75, 3.05) is 14.2 Å². The number of amides is 1. The topological polar surface area (TPSA) is 55.8 Å². The smallest absolute Gasteiger partial charge is 0.340 e. The largest absolute Gasteiger partial charge is 0.497 e. The number of carbonyl (C=O) groups excluding carboxylic acids is 2. The molecule has 0 unspecified atom stereocenters. The van der Waals surface area contributed by atoms with Gasteiger partial charge in [0, 0.05) is 21.3 Å². The Morgan fingerprint density at radius 1 is 1.07 bits per heavy atom. The van der Waals surface area contributed by atoms with Gasteiger partial charge in [0.2, 0.25) is 0 Å². The van der Waals surface area contributed by atoms with E-state index in [-0.39, 0.29) is 17.1 Å². The van der Waals surface area contributed by atoms with Crippen LogP contribution in [0.1, 0.15) is 18.1 Å². The summed E-state index contributed by atoms with van der Waals surface area (Å²) in [5.41, 5.74) is 2.26. The first-order chi connectivity index (χ1) is 13.9. The molecule has 2 aromatic carbocycles. The maximum atomic E-state index is 13.2. The SMILES string of the molecule is COC(=O)C1=C(C)N(Cc2ccc(OC)cc2)C(=O)/C1=C\c1c(Cl)cccc1Cl. The van der Waals surface area contributed by atoms with E-state index in [0.717, 1.165) is 11.3 Å². The van der Waals surface area contributed by atoms with Crippen LogP contribution in [0.15, 0.2) is 59.3 Å². The van der Waals surface area contributed by atoms with Crippen LogP contribution < -0.4 is 4.74 Å². The van der Waals surface area contributed by atoms with Gasteiger partial charge in [-0.2, -0.15) is 0 Å². The summed E-state index contributed by atoms with van der Waals surface area (Å²) < 4.78 is 10.1. The average molecular weight is 432 g/mol. The molecular weight excluding hydrogens is 413 g/mol. The number of methoxy groups -OCH3 is 2. The van der Waals surface area contributed by atoms with Crippen LogP contribution in [0.25, 0.3) is 6.08 Å². The number of hydrogen-bond acceptors (Lipinski definition) is 4. The van der Waals surface area contributed by atoms with Crippen LogP contribution in [0.5, 0.6) is 5.75 Å². The second kappa shape index (κ2) is 8.72. The minimum atomic E-state index is -0.595. The maximum Gasteiger partial charge on any atom is 0.340 e. The molecule has 0 spiro atoms. The summed E-state index contributed by atoms with van der Waals surface area (Å²) in [7, 11) is 2.87. The molecule has 1 aliphatic heterocycles. The predicted octanol–water partition coefficient (Wildman–Crippen LogP) is 4.87. The normalized spacial score (nSPS) is 15.3. The number of benzene rings is 2. The van der Waals surface area contributed by atoms with Crippen molar-refractivity contribution in [3.63, 3.8) is 0 Å². The van der Waals surface area contributed by atoms with Crippen LogP contribution in [0, 0.1) is 0 Å². The lowest BCUT2D eigenvalue weighted by Crippen LogP contribution is -2.24. The standard InChI is InChI=1S/C22H19Cl2NO4/c1-13-20(22(27)29-3)17(11-16-18(23)5-4-6-19(16)24)21(26)25(13)12-14-7-9-15(28-2)10-8-14/h4-11H,12H2,1-3H3/b17-11-. The van der Waals surface area contributed by atoms with E-state index in [2.05, 4.69) is 0 Å². The summed E-state index contributed by atoms with van der Waals surface area (Å²) >= 11 is 12.5. The molecule has 0 fully saturated rings. The zero-order chi connectivity index (χ0) is 21.1. The van der Waals surface area contributed by atoms with Gasteiger partial charge in [-0.05, 0) is 42.8 Å². The predicted molar refractivity (Wildman–Crippen MR) is 113 cm³/mol. The lowest BCUT2D eigenvalue weighted by Gasteiger charge is -2.18. The summed E-state index contributed by atoms with van der Waals surface area (Å²) in [6.45, 7) is 2.01. The van der Waals surface area contributed by atoms with Gasteiger partial charge >= 0.3 is 5.97 Å². The molecule has 1 heterocycles. The van der Waals surface area contributed by atoms with Crippen LogP contribution >= 0.6 is 23.2 Å². The van der Waals surface area contributed by atoms with E-state index in [9.17, 15) is 9.59 Å². The van der Waals surface area contributed by atoms with E-state index in [1.807, 2.05) is 24.3 Å². The third kappa shape index (κ3) is 4.16. The van der Waals surface area contributed by atoms with Crippen molar-refractivity contribution in [3.05, 3.63) is 80.5 Å². The molecule has 3 rings (SSSR count). The Morgan fingerprint density at radius 3 is 2.24 bits per heavy atom. The van der Waals surface area contributed by atoms with Gasteiger partial charge in [0.1, 0.15) is 5.75 Å². The van der Waals surface area contributed by atoms with Gasteiger partial charge in [0.25, 0.3) is 5.91 Å². The first kappa shape index (κ1) is 21.0. The number of nitrogens with zero attached hydrogens (tertiary/aromatic N) is 1. The van der Waals surface area contributed by atoms with Crippen molar-refractivity contribution in [1.82, 2.24) is 4.90 Å². The van der Waals surface area contributed by atoms with Crippen LogP contribution in [0.2, 0.25) is 10.0 Å². The van der Waals surface area contributed by atoms with E-state index >= 15 is 0 Å². The molecule has 0 saturated carbocycles. The fourth-order valence-electron chi connectivity index (χ4n) is 3.12. The number of halogens is 2. The molecule has 2 aromatic rings. The molecule has 0 saturated heterocycles. The number of allylic oxidation sites excluding steroid dienone is 1. The maximum absolute atomic E-state index is 13.2. The molecule has 7 heteroatoms. The monoisotopic (exact) mass is 431 g/mol. The van der Waals surface area contributed by atoms with Crippen LogP contribution in [-0.2, 0) is 20.9 Å². The molecule has 5 nitrogen and oxygen atoms in total. The Morgan fingerprint density at radius 2 is 1.69 bits per heavy atom. The molecule has 0 aromatic heterocycles. The van der Waals surface area contributed by atoms with Crippen LogP contribution in [0.3, 0.4) is 0 Å². The van der Waals surface area contributed by atoms with Gasteiger partial charge < -0.3 is 14.4 Å². The van der Waals surface area contributed by atoms with E-state index in [4.69, 9.17) is 32.7 Å². The Kier molecular flexibility index (Phi) is 6.30. The Balaban J connectivity index is 2.04. The Bertz CT molecular complexity index is 1010. The van der Waals surface area contributed by atoms with Gasteiger partial charge in [-0.1, -0.05) is 41.4 Å². The molecule has 0 aliphatic carbocycles. The highest BCUT2D eigenvalue weighted by molar-refractivity contribution is 6.37. The van der Waals surface area contributed by atoms with E-state index in [1.54, 1.807) is 32.2 Å². The molecular formula is C22H19Cl2NO4. The summed E-state index contributed by atoms with van der Waals surface area (Å²) in [5, 5.41) is 0.765. The van der Waals surface area contributed by atoms with Crippen molar-refractivity contribution in [2.24, 2.45) is 0 Å². The second-order valence-electron chi connectivity index (χ2n) is 6.38. The summed E-state index contributed by atoms with van der Waals surface area (Å²) in [6.07, 6.45) is 1.54. The van der Waals surface area contributed by atoms with E-state index in [0.29, 0.717) is 27.9 Å². The number of esters is 1. The first-order valence-electron chi connectivity index (χ1n) is 8.77. The first-order valence-corrected chi connectivity index (χ1v) is 9.53. The van der Waals surface area contributed by atoms with Crippen LogP contribution in [-0.4, -0.2) is 31.0 Å². The summed E-state index contributed by atoms with van der Waals surface area (Å²) in [5.74, 6) is -0.199. The lowest BCUT2D eigenvalue weighted by molar-refractivity contribution is -0.136. The quantitative estimate of drug-likeness (QED) is 0.500. The fraction of sp³-hybridized carbons (Fsp3) is 0.182. The number of rotatable bonds is 5. The van der Waals surface area contributed by atoms with Gasteiger partial charge in [-0.15, -0.1) is 0 Å². The third-order valence-electron chi connectivity index (χ3n) is 4.69. The minimum absolute atomic E-state index is 0.192. The second-order valence-corrected chi connectivity index (χ2v) is 7.20. The third-order valence-corrected chi connectivity index (χ3v) is 5.35. The minimum Gasteiger partial charge on any atom is -0.497 e. The van der Waals surface area contributed by atoms with Crippen molar-refractivity contribution in [2.45, 2.75) is 13.5 Å². The number of carbonyl (C=O) groups is 2. The van der Waals surface area contributed by atoms with Crippen molar-refractivity contribution < 1.29 is 19.1 Å². The molecule has 150 valence electrons. The fourth-order valence-corrected chi connectivity index (χ4v) is 3.63. The van der Waals surface area contributed by atoms with Gasteiger partial charge in [0.05, 0.1) is 31.9 Å². The van der Waals surface area contributed by atoms with E-state index < -0.39 is 5.97 Å². The molecule has 0 radical (unpaired) electrons. The molecule has 0 N–H and O–H groups in total. The van der Waals surface area contributed by atoms with E-state index in [1.165, 1.54) is 18.1 Å². The number of hydrogen-bond donors (Lipinski definition) is 0. The highest BCUT2D eigenvalue weighted by Crippen LogP contribution is 2.35. The van der Waals surface area contributed by atoms with Crippen molar-refractivity contribution >= 4 is 41.2 Å². The summed E-state index contributed by atoms with van der Waals surface area (Å²) in [4.78, 5) is 27.2. The van der Waals surface area contributed by atoms with Crippen molar-refractivity contribution in [3.8, 4) is 5.75 Å². The van der Waals surface area contributed by atoms with Gasteiger partial charge in [-0.3, -0.25) is 4.79 Å². The van der Waals surface area contributed by atoms with Crippen LogP contribution in [0.4, 0.5) is 0 Å². The zero-order valence-electron chi connectivity index (χ0n) is 16.2. The summed E-state index contributed by atoms with van der Waals surface area (Å²) in [6, 6.07) is 12.4.